The number of likely N-dealkylation sites (N-methyl/N-ethyl adjacent to an activating group) is 1. The van der Waals surface area contributed by atoms with Gasteiger partial charge in [-0.15, -0.1) is 0 Å². The number of amides is 3. The Bertz CT molecular complexity index is 870. The van der Waals surface area contributed by atoms with Gasteiger partial charge in [0.1, 0.15) is 18.4 Å². The molecule has 0 unspecified atom stereocenters. The molecule has 2 bridgehead atoms. The lowest BCUT2D eigenvalue weighted by molar-refractivity contribution is -0.136. The van der Waals surface area contributed by atoms with Crippen LogP contribution in [0.3, 0.4) is 0 Å². The molecule has 7 nitrogen and oxygen atoms in total. The summed E-state index contributed by atoms with van der Waals surface area (Å²) in [5.74, 6) is 0.716. The van der Waals surface area contributed by atoms with Crippen LogP contribution in [0.1, 0.15) is 54.9 Å². The summed E-state index contributed by atoms with van der Waals surface area (Å²) in [4.78, 5) is 40.5. The second-order valence-corrected chi connectivity index (χ2v) is 8.65. The van der Waals surface area contributed by atoms with E-state index < -0.39 is 6.04 Å². The van der Waals surface area contributed by atoms with E-state index in [4.69, 9.17) is 4.74 Å². The van der Waals surface area contributed by atoms with Gasteiger partial charge in [-0.05, 0) is 61.9 Å². The number of nitrogens with zero attached hydrogens (tertiary/aromatic N) is 2. The molecule has 1 saturated carbocycles. The van der Waals surface area contributed by atoms with Gasteiger partial charge in [-0.3, -0.25) is 24.6 Å². The maximum Gasteiger partial charge on any atom is 0.255 e. The van der Waals surface area contributed by atoms with Gasteiger partial charge in [-0.1, -0.05) is 6.92 Å². The number of carbonyl (C=O) groups is 3. The Kier molecular flexibility index (Phi) is 4.57. The highest BCUT2D eigenvalue weighted by molar-refractivity contribution is 6.05. The van der Waals surface area contributed by atoms with Crippen LogP contribution in [-0.4, -0.2) is 58.8 Å². The SMILES string of the molecule is CCN1[C@H]2CC[C@H](C2)[C@H]1COc1ccc2c(c1)CN([C@H]1CCC(=O)NC1=O)C2=O. The summed E-state index contributed by atoms with van der Waals surface area (Å²) >= 11 is 0. The molecule has 5 rings (SSSR count). The molecular formula is C22H27N3O4. The maximum absolute atomic E-state index is 12.8. The summed E-state index contributed by atoms with van der Waals surface area (Å²) in [5, 5.41) is 2.34. The molecule has 1 aromatic carbocycles. The predicted molar refractivity (Wildman–Crippen MR) is 105 cm³/mol. The van der Waals surface area contributed by atoms with Crippen LogP contribution in [0, 0.1) is 5.92 Å². The van der Waals surface area contributed by atoms with E-state index in [0.29, 0.717) is 31.2 Å². The molecule has 0 aromatic heterocycles. The molecule has 0 radical (unpaired) electrons. The molecule has 1 N–H and O–H groups in total. The van der Waals surface area contributed by atoms with Crippen molar-refractivity contribution >= 4 is 17.7 Å². The first-order valence-electron chi connectivity index (χ1n) is 10.7. The highest BCUT2D eigenvalue weighted by Gasteiger charge is 2.45. The van der Waals surface area contributed by atoms with Gasteiger partial charge in [0.15, 0.2) is 0 Å². The number of hydrogen-bond donors (Lipinski definition) is 1. The van der Waals surface area contributed by atoms with Gasteiger partial charge < -0.3 is 9.64 Å². The number of benzene rings is 1. The molecule has 7 heteroatoms. The molecule has 29 heavy (non-hydrogen) atoms. The highest BCUT2D eigenvalue weighted by atomic mass is 16.5. The van der Waals surface area contributed by atoms with Gasteiger partial charge in [0.05, 0.1) is 0 Å². The molecule has 4 aliphatic rings. The van der Waals surface area contributed by atoms with Crippen molar-refractivity contribution in [3.63, 3.8) is 0 Å². The first-order chi connectivity index (χ1) is 14.0. The minimum absolute atomic E-state index is 0.147. The number of imide groups is 1. The fraction of sp³-hybridized carbons (Fsp3) is 0.591. The van der Waals surface area contributed by atoms with Crippen molar-refractivity contribution < 1.29 is 19.1 Å². The normalized spacial score (nSPS) is 31.3. The molecular weight excluding hydrogens is 370 g/mol. The van der Waals surface area contributed by atoms with Crippen molar-refractivity contribution in [1.82, 2.24) is 15.1 Å². The second-order valence-electron chi connectivity index (χ2n) is 8.65. The van der Waals surface area contributed by atoms with Gasteiger partial charge in [0.2, 0.25) is 11.8 Å². The number of hydrogen-bond acceptors (Lipinski definition) is 5. The van der Waals surface area contributed by atoms with E-state index in [2.05, 4.69) is 17.1 Å². The standard InChI is InChI=1S/C22H27N3O4/c1-2-24-15-4-3-13(9-15)19(24)12-29-16-5-6-17-14(10-16)11-25(22(17)28)18-7-8-20(26)23-21(18)27/h5-6,10,13,15,18-19H,2-4,7-9,11-12H2,1H3,(H,23,26,27)/t13-,15+,18+,19-/m1/s1. The largest absolute Gasteiger partial charge is 0.492 e. The molecule has 3 heterocycles. The molecule has 4 atom stereocenters. The minimum Gasteiger partial charge on any atom is -0.492 e. The molecule has 2 saturated heterocycles. The smallest absolute Gasteiger partial charge is 0.255 e. The zero-order chi connectivity index (χ0) is 20.1. The van der Waals surface area contributed by atoms with Crippen LogP contribution >= 0.6 is 0 Å². The van der Waals surface area contributed by atoms with Crippen molar-refractivity contribution in [3.8, 4) is 5.75 Å². The average Bonchev–Trinajstić information content (AvgIpc) is 3.40. The Morgan fingerprint density at radius 2 is 2.03 bits per heavy atom. The zero-order valence-corrected chi connectivity index (χ0v) is 16.7. The lowest BCUT2D eigenvalue weighted by Crippen LogP contribution is -2.52. The topological polar surface area (TPSA) is 79.0 Å². The average molecular weight is 397 g/mol. The highest BCUT2D eigenvalue weighted by Crippen LogP contribution is 2.42. The van der Waals surface area contributed by atoms with Crippen LogP contribution in [0.15, 0.2) is 18.2 Å². The first-order valence-corrected chi connectivity index (χ1v) is 10.7. The molecule has 3 fully saturated rings. The summed E-state index contributed by atoms with van der Waals surface area (Å²) in [5.41, 5.74) is 1.51. The number of likely N-dealkylation sites (tertiary alicyclic amines) is 1. The Morgan fingerprint density at radius 3 is 2.83 bits per heavy atom. The summed E-state index contributed by atoms with van der Waals surface area (Å²) in [6, 6.07) is 6.21. The Balaban J connectivity index is 1.26. The van der Waals surface area contributed by atoms with Gasteiger partial charge in [0.25, 0.3) is 5.91 Å². The third-order valence-electron chi connectivity index (χ3n) is 7.17. The molecule has 154 valence electrons. The van der Waals surface area contributed by atoms with E-state index in [9.17, 15) is 14.4 Å². The zero-order valence-electron chi connectivity index (χ0n) is 16.7. The Labute approximate surface area is 170 Å². The third-order valence-corrected chi connectivity index (χ3v) is 7.17. The van der Waals surface area contributed by atoms with Crippen molar-refractivity contribution in [2.75, 3.05) is 13.2 Å². The van der Waals surface area contributed by atoms with Crippen LogP contribution in [0.4, 0.5) is 0 Å². The van der Waals surface area contributed by atoms with Crippen LogP contribution in [0.2, 0.25) is 0 Å². The lowest BCUT2D eigenvalue weighted by Gasteiger charge is -2.34. The van der Waals surface area contributed by atoms with Crippen LogP contribution in [-0.2, 0) is 16.1 Å². The van der Waals surface area contributed by atoms with Gasteiger partial charge >= 0.3 is 0 Å². The van der Waals surface area contributed by atoms with Gasteiger partial charge in [0, 0.05) is 30.6 Å². The third kappa shape index (κ3) is 3.12. The van der Waals surface area contributed by atoms with Gasteiger partial charge in [-0.2, -0.15) is 0 Å². The quantitative estimate of drug-likeness (QED) is 0.765. The molecule has 1 aromatic rings. The van der Waals surface area contributed by atoms with Crippen LogP contribution in [0.5, 0.6) is 5.75 Å². The fourth-order valence-corrected chi connectivity index (χ4v) is 5.73. The number of rotatable bonds is 5. The molecule has 3 aliphatic heterocycles. The maximum atomic E-state index is 12.8. The predicted octanol–water partition coefficient (Wildman–Crippen LogP) is 1.70. The Hall–Kier alpha value is -2.41. The van der Waals surface area contributed by atoms with E-state index in [1.807, 2.05) is 12.1 Å². The molecule has 3 amide bonds. The van der Waals surface area contributed by atoms with Crippen molar-refractivity contribution in [2.24, 2.45) is 5.92 Å². The van der Waals surface area contributed by atoms with Gasteiger partial charge in [-0.25, -0.2) is 0 Å². The van der Waals surface area contributed by atoms with Crippen molar-refractivity contribution in [3.05, 3.63) is 29.3 Å². The summed E-state index contributed by atoms with van der Waals surface area (Å²) in [6.45, 7) is 4.35. The first kappa shape index (κ1) is 18.6. The molecule has 1 aliphatic carbocycles. The number of ether oxygens (including phenoxy) is 1. The van der Waals surface area contributed by atoms with Crippen molar-refractivity contribution in [1.29, 1.82) is 0 Å². The fourth-order valence-electron chi connectivity index (χ4n) is 5.73. The number of piperidine rings is 2. The van der Waals surface area contributed by atoms with Crippen molar-refractivity contribution in [2.45, 2.75) is 63.7 Å². The van der Waals surface area contributed by atoms with E-state index >= 15 is 0 Å². The van der Waals surface area contributed by atoms with E-state index in [1.165, 1.54) is 19.3 Å². The molecule has 0 spiro atoms. The lowest BCUT2D eigenvalue weighted by atomic mass is 9.99. The van der Waals surface area contributed by atoms with E-state index in [0.717, 1.165) is 29.8 Å². The Morgan fingerprint density at radius 1 is 1.17 bits per heavy atom. The monoisotopic (exact) mass is 397 g/mol. The van der Waals surface area contributed by atoms with Crippen LogP contribution < -0.4 is 10.1 Å². The number of fused-ring (bicyclic) bond motifs is 3. The minimum atomic E-state index is -0.580. The summed E-state index contributed by atoms with van der Waals surface area (Å²) in [6.07, 6.45) is 4.55. The number of nitrogens with one attached hydrogen (secondary N) is 1. The van der Waals surface area contributed by atoms with E-state index in [-0.39, 0.29) is 24.1 Å². The summed E-state index contributed by atoms with van der Waals surface area (Å²) in [7, 11) is 0. The second kappa shape index (κ2) is 7.13. The van der Waals surface area contributed by atoms with E-state index in [1.54, 1.807) is 11.0 Å². The van der Waals surface area contributed by atoms with Crippen LogP contribution in [0.25, 0.3) is 0 Å². The number of carbonyl (C=O) groups excluding carboxylic acids is 3. The summed E-state index contributed by atoms with van der Waals surface area (Å²) < 4.78 is 6.16.